The van der Waals surface area contributed by atoms with E-state index in [0.717, 1.165) is 0 Å². The zero-order chi connectivity index (χ0) is 23.6. The van der Waals surface area contributed by atoms with Crippen LogP contribution in [0, 0.1) is 20.2 Å². The number of hydrogen-bond donors (Lipinski definition) is 3. The zero-order valence-electron chi connectivity index (χ0n) is 17.5. The fourth-order valence-corrected chi connectivity index (χ4v) is 3.34. The van der Waals surface area contributed by atoms with Crippen LogP contribution < -0.4 is 10.2 Å². The molecule has 0 aliphatic heterocycles. The number of aliphatic hydroxyl groups is 1. The normalized spacial score (nSPS) is 15.8. The van der Waals surface area contributed by atoms with Crippen molar-refractivity contribution in [3.05, 3.63) is 73.8 Å². The van der Waals surface area contributed by atoms with E-state index in [-0.39, 0.29) is 40.6 Å². The first kappa shape index (κ1) is 24.2. The minimum absolute atomic E-state index is 0.102. The number of benzene rings is 1. The molecule has 10 nitrogen and oxygen atoms in total. The Morgan fingerprint density at radius 2 is 1.77 bits per heavy atom. The van der Waals surface area contributed by atoms with Gasteiger partial charge in [0.25, 0.3) is 0 Å². The molecule has 0 saturated heterocycles. The number of rotatable bonds is 8. The third kappa shape index (κ3) is 5.01. The summed E-state index contributed by atoms with van der Waals surface area (Å²) >= 11 is 4.16. The molecular weight excluding hydrogens is 451 g/mol. The van der Waals surface area contributed by atoms with Crippen LogP contribution in [0.1, 0.15) is 34.1 Å². The van der Waals surface area contributed by atoms with E-state index in [1.165, 1.54) is 41.6 Å². The van der Waals surface area contributed by atoms with Crippen LogP contribution in [0.25, 0.3) is 0 Å². The van der Waals surface area contributed by atoms with Crippen molar-refractivity contribution in [3.8, 4) is 5.75 Å². The first-order valence-electron chi connectivity index (χ1n) is 9.21. The van der Waals surface area contributed by atoms with Gasteiger partial charge in [0.15, 0.2) is 0 Å². The van der Waals surface area contributed by atoms with Crippen LogP contribution in [0.4, 0.5) is 11.4 Å². The second kappa shape index (κ2) is 9.00. The summed E-state index contributed by atoms with van der Waals surface area (Å²) in [5.41, 5.74) is -1.64. The average molecular weight is 475 g/mol. The second-order valence-corrected chi connectivity index (χ2v) is 8.32. The number of anilines is 1. The number of phenols is 1. The standard InChI is InChI=1S/C20H24N4O6.Co/c1-19(2,21-5)20(3,4)22(16-11-15(24(29)30)7-9-18(16)26)12-13-10-14(23(27)28)6-8-17(13)25;/h5-9,11-12,21,25-26H,10H2,1-4H3;. The van der Waals surface area contributed by atoms with Gasteiger partial charge in [0.2, 0.25) is 0 Å². The fraction of sp³-hybridized carbons (Fsp3) is 0.350. The Morgan fingerprint density at radius 1 is 1.13 bits per heavy atom. The molecule has 0 heterocycles. The molecule has 0 fully saturated rings. The molecule has 11 heteroatoms. The quantitative estimate of drug-likeness (QED) is 0.383. The van der Waals surface area contributed by atoms with Crippen molar-refractivity contribution in [3.63, 3.8) is 0 Å². The van der Waals surface area contributed by atoms with Gasteiger partial charge in [-0.15, -0.1) is 0 Å². The van der Waals surface area contributed by atoms with E-state index < -0.39 is 20.9 Å². The first-order valence-corrected chi connectivity index (χ1v) is 9.81. The number of phenolic OH excluding ortho intramolecular Hbond substituents is 1. The molecule has 1 aromatic carbocycles. The van der Waals surface area contributed by atoms with Crippen molar-refractivity contribution in [2.24, 2.45) is 0 Å². The van der Waals surface area contributed by atoms with Crippen molar-refractivity contribution in [1.29, 1.82) is 0 Å². The first-order chi connectivity index (χ1) is 14.3. The van der Waals surface area contributed by atoms with Crippen LogP contribution in [0.15, 0.2) is 53.6 Å². The van der Waals surface area contributed by atoms with E-state index >= 15 is 0 Å². The number of allylic oxidation sites excluding steroid dienone is 4. The van der Waals surface area contributed by atoms with Crippen molar-refractivity contribution >= 4 is 16.5 Å². The third-order valence-electron chi connectivity index (χ3n) is 5.62. The van der Waals surface area contributed by atoms with Gasteiger partial charge in [-0.3, -0.25) is 0 Å². The Morgan fingerprint density at radius 3 is 2.32 bits per heavy atom. The van der Waals surface area contributed by atoms with Gasteiger partial charge in [-0.05, 0) is 0 Å². The summed E-state index contributed by atoms with van der Waals surface area (Å²) in [5.74, 6) is -0.410. The van der Waals surface area contributed by atoms with E-state index in [0.29, 0.717) is 0 Å². The summed E-state index contributed by atoms with van der Waals surface area (Å²) in [6.07, 6.45) is 3.73. The molecule has 0 aromatic heterocycles. The van der Waals surface area contributed by atoms with E-state index in [2.05, 4.69) is 20.6 Å². The van der Waals surface area contributed by atoms with Crippen molar-refractivity contribution in [1.82, 2.24) is 5.32 Å². The molecule has 3 N–H and O–H groups in total. The molecule has 0 unspecified atom stereocenters. The number of aromatic hydroxyl groups is 1. The number of nitro groups is 2. The van der Waals surface area contributed by atoms with E-state index in [4.69, 9.17) is 0 Å². The van der Waals surface area contributed by atoms with Gasteiger partial charge >= 0.3 is 187 Å². The van der Waals surface area contributed by atoms with Crippen molar-refractivity contribution < 1.29 is 35.4 Å². The van der Waals surface area contributed by atoms with Gasteiger partial charge in [-0.2, -0.15) is 0 Å². The van der Waals surface area contributed by atoms with Crippen molar-refractivity contribution in [2.75, 3.05) is 4.90 Å². The molecular formula is C20H24CoN4O6. The SMILES string of the molecule is CC(C)(N[CH]=[Co])C(C)(C)N(C=C1CC([N+](=O)[O-])=CC=C1O)c1cc([N+](=O)[O-])ccc1O. The summed E-state index contributed by atoms with van der Waals surface area (Å²) in [5, 5.41) is 48.0. The van der Waals surface area contributed by atoms with E-state index in [1.807, 2.05) is 27.7 Å². The zero-order valence-corrected chi connectivity index (χ0v) is 18.5. The van der Waals surface area contributed by atoms with Gasteiger partial charge in [0.1, 0.15) is 0 Å². The molecule has 0 radical (unpaired) electrons. The van der Waals surface area contributed by atoms with Crippen LogP contribution >= 0.6 is 0 Å². The minimum atomic E-state index is -0.888. The Hall–Kier alpha value is -3.02. The molecule has 1 aliphatic rings. The molecule has 169 valence electrons. The topological polar surface area (TPSA) is 142 Å². The number of hydrogen-bond acceptors (Lipinski definition) is 8. The Bertz CT molecular complexity index is 1010. The van der Waals surface area contributed by atoms with Crippen LogP contribution in [0.5, 0.6) is 5.75 Å². The molecule has 0 bridgehead atoms. The monoisotopic (exact) mass is 475 g/mol. The van der Waals surface area contributed by atoms with Gasteiger partial charge in [0, 0.05) is 0 Å². The van der Waals surface area contributed by atoms with E-state index in [9.17, 15) is 30.4 Å². The van der Waals surface area contributed by atoms with Crippen molar-refractivity contribution in [2.45, 2.75) is 45.2 Å². The number of non-ortho nitro benzene ring substituents is 1. The second-order valence-electron chi connectivity index (χ2n) is 8.02. The van der Waals surface area contributed by atoms with Crippen LogP contribution in [-0.4, -0.2) is 36.2 Å². The third-order valence-corrected chi connectivity index (χ3v) is 5.77. The number of nitrogens with one attached hydrogen (secondary N) is 1. The Kier molecular flexibility index (Phi) is 7.04. The molecule has 1 aromatic rings. The maximum absolute atomic E-state index is 11.3. The van der Waals surface area contributed by atoms with Crippen LogP contribution in [-0.2, 0) is 15.3 Å². The summed E-state index contributed by atoms with van der Waals surface area (Å²) < 4.78 is 0. The number of nitrogens with zero attached hydrogens (tertiary/aromatic N) is 3. The van der Waals surface area contributed by atoms with Gasteiger partial charge in [-0.1, -0.05) is 0 Å². The Balaban J connectivity index is 2.74. The number of aliphatic hydroxyl groups excluding tert-OH is 1. The number of nitro benzene ring substituents is 1. The molecule has 0 spiro atoms. The Labute approximate surface area is 187 Å². The van der Waals surface area contributed by atoms with Crippen LogP contribution in [0.2, 0.25) is 0 Å². The molecule has 0 atom stereocenters. The van der Waals surface area contributed by atoms with Gasteiger partial charge in [-0.25, -0.2) is 0 Å². The molecule has 1 aliphatic carbocycles. The fourth-order valence-electron chi connectivity index (χ4n) is 2.97. The van der Waals surface area contributed by atoms with E-state index in [1.54, 1.807) is 4.90 Å². The summed E-state index contributed by atoms with van der Waals surface area (Å²) in [7, 11) is 0. The maximum atomic E-state index is 11.3. The summed E-state index contributed by atoms with van der Waals surface area (Å²) in [6.45, 7) is 7.36. The molecule has 0 amide bonds. The predicted octanol–water partition coefficient (Wildman–Crippen LogP) is 3.45. The molecule has 2 rings (SSSR count). The molecule has 0 saturated carbocycles. The molecule has 31 heavy (non-hydrogen) atoms. The van der Waals surface area contributed by atoms with Gasteiger partial charge in [0.05, 0.1) is 0 Å². The summed E-state index contributed by atoms with van der Waals surface area (Å²) in [4.78, 5) is 23.0. The average Bonchev–Trinajstić information content (AvgIpc) is 2.67. The van der Waals surface area contributed by atoms with Crippen LogP contribution in [0.3, 0.4) is 0 Å². The van der Waals surface area contributed by atoms with Gasteiger partial charge < -0.3 is 0 Å². The predicted molar refractivity (Wildman–Crippen MR) is 113 cm³/mol. The summed E-state index contributed by atoms with van der Waals surface area (Å²) in [6, 6.07) is 3.59.